The Kier molecular flexibility index (Phi) is 14.9. The molecule has 0 aliphatic carbocycles. The molecule has 0 spiro atoms. The molecule has 2 nitrogen and oxygen atoms in total. The maximum Gasteiger partial charge on any atom is 0.0236 e. The van der Waals surface area contributed by atoms with Crippen LogP contribution >= 0.6 is 0 Å². The van der Waals surface area contributed by atoms with Crippen LogP contribution in [0.2, 0.25) is 0 Å². The molecule has 0 amide bonds. The van der Waals surface area contributed by atoms with E-state index in [1.807, 2.05) is 0 Å². The summed E-state index contributed by atoms with van der Waals surface area (Å²) in [6.45, 7) is 8.99. The number of nitrogens with zero attached hydrogens (tertiary/aromatic N) is 2. The minimum absolute atomic E-state index is 1.02. The van der Waals surface area contributed by atoms with Crippen molar-refractivity contribution < 1.29 is 0 Å². The van der Waals surface area contributed by atoms with Crippen LogP contribution in [0.5, 0.6) is 0 Å². The average Bonchev–Trinajstić information content (AvgIpc) is 2.84. The molecule has 0 aromatic heterocycles. The van der Waals surface area contributed by atoms with E-state index in [0.29, 0.717) is 0 Å². The highest BCUT2D eigenvalue weighted by atomic mass is 15.1. The summed E-state index contributed by atoms with van der Waals surface area (Å²) >= 11 is 0. The monoisotopic (exact) mass is 464 g/mol. The summed E-state index contributed by atoms with van der Waals surface area (Å²) in [5.41, 5.74) is 5.70. The topological polar surface area (TPSA) is 6.48 Å². The Hall–Kier alpha value is -1.64. The Morgan fingerprint density at radius 3 is 1.24 bits per heavy atom. The fourth-order valence-corrected chi connectivity index (χ4v) is 4.91. The lowest BCUT2D eigenvalue weighted by Gasteiger charge is -2.22. The maximum absolute atomic E-state index is 2.51. The van der Waals surface area contributed by atoms with Crippen molar-refractivity contribution in [3.63, 3.8) is 0 Å². The zero-order valence-electron chi connectivity index (χ0n) is 22.8. The standard InChI is InChI=1S/C32H52N2/c1-5-7-9-11-13-19-25-33(3)27-29-21-15-17-23-31(29)32-24-18-16-22-30(32)28-34(4)26-20-14-12-10-8-6-2/h15-18,21-24H,5-14,19-20,25-28H2,1-4H3. The number of benzene rings is 2. The predicted octanol–water partition coefficient (Wildman–Crippen LogP) is 8.94. The molecular formula is C32H52N2. The largest absolute Gasteiger partial charge is 0.302 e. The van der Waals surface area contributed by atoms with Crippen molar-refractivity contribution in [1.82, 2.24) is 9.80 Å². The number of hydrogen-bond acceptors (Lipinski definition) is 2. The molecule has 0 aliphatic heterocycles. The zero-order chi connectivity index (χ0) is 24.4. The van der Waals surface area contributed by atoms with Gasteiger partial charge in [0.05, 0.1) is 0 Å². The summed E-state index contributed by atoms with van der Waals surface area (Å²) in [7, 11) is 4.56. The molecule has 2 aromatic rings. The Morgan fingerprint density at radius 2 is 0.824 bits per heavy atom. The summed E-state index contributed by atoms with van der Waals surface area (Å²) in [5, 5.41) is 0. The third-order valence-electron chi connectivity index (χ3n) is 6.99. The van der Waals surface area contributed by atoms with Crippen molar-refractivity contribution in [2.24, 2.45) is 0 Å². The fraction of sp³-hybridized carbons (Fsp3) is 0.625. The van der Waals surface area contributed by atoms with Crippen LogP contribution in [0, 0.1) is 0 Å². The van der Waals surface area contributed by atoms with Crippen LogP contribution in [0.25, 0.3) is 11.1 Å². The molecule has 0 saturated heterocycles. The third-order valence-corrected chi connectivity index (χ3v) is 6.99. The fourth-order valence-electron chi connectivity index (χ4n) is 4.91. The molecule has 0 saturated carbocycles. The van der Waals surface area contributed by atoms with Crippen molar-refractivity contribution in [1.29, 1.82) is 0 Å². The van der Waals surface area contributed by atoms with E-state index < -0.39 is 0 Å². The van der Waals surface area contributed by atoms with E-state index in [4.69, 9.17) is 0 Å². The summed E-state index contributed by atoms with van der Waals surface area (Å²) < 4.78 is 0. The van der Waals surface area contributed by atoms with E-state index >= 15 is 0 Å². The minimum Gasteiger partial charge on any atom is -0.302 e. The van der Waals surface area contributed by atoms with Gasteiger partial charge in [0, 0.05) is 13.1 Å². The first kappa shape index (κ1) is 28.6. The quantitative estimate of drug-likeness (QED) is 0.191. The molecule has 0 heterocycles. The van der Waals surface area contributed by atoms with Crippen molar-refractivity contribution in [2.75, 3.05) is 27.2 Å². The molecule has 0 unspecified atom stereocenters. The van der Waals surface area contributed by atoms with Crippen LogP contribution in [-0.4, -0.2) is 37.0 Å². The van der Waals surface area contributed by atoms with Gasteiger partial charge in [-0.25, -0.2) is 0 Å². The Morgan fingerprint density at radius 1 is 0.471 bits per heavy atom. The number of unbranched alkanes of at least 4 members (excludes halogenated alkanes) is 10. The Labute approximate surface area is 211 Å². The first-order valence-corrected chi connectivity index (χ1v) is 14.2. The zero-order valence-corrected chi connectivity index (χ0v) is 22.8. The molecule has 0 N–H and O–H groups in total. The minimum atomic E-state index is 1.02. The molecule has 0 radical (unpaired) electrons. The number of hydrogen-bond donors (Lipinski definition) is 0. The molecule has 2 aromatic carbocycles. The molecule has 190 valence electrons. The van der Waals surface area contributed by atoms with Crippen molar-refractivity contribution in [2.45, 2.75) is 104 Å². The highest BCUT2D eigenvalue weighted by Gasteiger charge is 2.12. The Balaban J connectivity index is 1.93. The summed E-state index contributed by atoms with van der Waals surface area (Å²) in [6.07, 6.45) is 16.3. The molecular weight excluding hydrogens is 412 g/mol. The van der Waals surface area contributed by atoms with Gasteiger partial charge in [-0.2, -0.15) is 0 Å². The van der Waals surface area contributed by atoms with Gasteiger partial charge >= 0.3 is 0 Å². The molecule has 34 heavy (non-hydrogen) atoms. The van der Waals surface area contributed by atoms with E-state index in [1.165, 1.54) is 112 Å². The van der Waals surface area contributed by atoms with E-state index in [9.17, 15) is 0 Å². The first-order valence-electron chi connectivity index (χ1n) is 14.2. The summed E-state index contributed by atoms with van der Waals surface area (Å²) in [6, 6.07) is 18.1. The normalized spacial score (nSPS) is 11.6. The second-order valence-electron chi connectivity index (χ2n) is 10.3. The highest BCUT2D eigenvalue weighted by molar-refractivity contribution is 5.70. The Bertz CT molecular complexity index is 704. The van der Waals surface area contributed by atoms with Crippen LogP contribution in [0.4, 0.5) is 0 Å². The van der Waals surface area contributed by atoms with E-state index in [1.54, 1.807) is 0 Å². The second kappa shape index (κ2) is 17.7. The predicted molar refractivity (Wildman–Crippen MR) is 151 cm³/mol. The molecule has 0 atom stereocenters. The SMILES string of the molecule is CCCCCCCCN(C)Cc1ccccc1-c1ccccc1CN(C)CCCCCCCC. The molecule has 2 heteroatoms. The van der Waals surface area contributed by atoms with Gasteiger partial charge in [-0.05, 0) is 62.3 Å². The third kappa shape index (κ3) is 11.2. The molecule has 0 aliphatic rings. The lowest BCUT2D eigenvalue weighted by atomic mass is 9.94. The van der Waals surface area contributed by atoms with Crippen LogP contribution in [0.1, 0.15) is 102 Å². The van der Waals surface area contributed by atoms with Crippen LogP contribution < -0.4 is 0 Å². The van der Waals surface area contributed by atoms with Gasteiger partial charge < -0.3 is 9.80 Å². The average molecular weight is 465 g/mol. The summed E-state index contributed by atoms with van der Waals surface area (Å²) in [5.74, 6) is 0. The lowest BCUT2D eigenvalue weighted by Crippen LogP contribution is -2.20. The van der Waals surface area contributed by atoms with Crippen molar-refractivity contribution >= 4 is 0 Å². The van der Waals surface area contributed by atoms with Gasteiger partial charge in [-0.1, -0.05) is 127 Å². The van der Waals surface area contributed by atoms with Crippen LogP contribution in [-0.2, 0) is 13.1 Å². The van der Waals surface area contributed by atoms with Gasteiger partial charge in [0.2, 0.25) is 0 Å². The van der Waals surface area contributed by atoms with E-state index in [-0.39, 0.29) is 0 Å². The van der Waals surface area contributed by atoms with E-state index in [0.717, 1.165) is 13.1 Å². The smallest absolute Gasteiger partial charge is 0.0236 e. The molecule has 0 fully saturated rings. The number of rotatable bonds is 19. The molecule has 2 rings (SSSR count). The first-order chi connectivity index (χ1) is 16.7. The van der Waals surface area contributed by atoms with Crippen LogP contribution in [0.15, 0.2) is 48.5 Å². The maximum atomic E-state index is 2.51. The van der Waals surface area contributed by atoms with Crippen molar-refractivity contribution in [3.8, 4) is 11.1 Å². The van der Waals surface area contributed by atoms with Crippen LogP contribution in [0.3, 0.4) is 0 Å². The highest BCUT2D eigenvalue weighted by Crippen LogP contribution is 2.29. The summed E-state index contributed by atoms with van der Waals surface area (Å²) in [4.78, 5) is 5.01. The lowest BCUT2D eigenvalue weighted by molar-refractivity contribution is 0.315. The van der Waals surface area contributed by atoms with Gasteiger partial charge in [0.1, 0.15) is 0 Å². The van der Waals surface area contributed by atoms with Gasteiger partial charge in [-0.3, -0.25) is 0 Å². The molecule has 0 bridgehead atoms. The van der Waals surface area contributed by atoms with Crippen molar-refractivity contribution in [3.05, 3.63) is 59.7 Å². The second-order valence-corrected chi connectivity index (χ2v) is 10.3. The van der Waals surface area contributed by atoms with Gasteiger partial charge in [0.25, 0.3) is 0 Å². The van der Waals surface area contributed by atoms with Gasteiger partial charge in [-0.15, -0.1) is 0 Å². The van der Waals surface area contributed by atoms with Gasteiger partial charge in [0.15, 0.2) is 0 Å². The van der Waals surface area contributed by atoms with E-state index in [2.05, 4.69) is 86.3 Å².